The summed E-state index contributed by atoms with van der Waals surface area (Å²) in [5.74, 6) is 0.112. The topological polar surface area (TPSA) is 46.6 Å². The Morgan fingerprint density at radius 3 is 2.62 bits per heavy atom. The first kappa shape index (κ1) is 15.8. The molecular weight excluding hydrogens is 282 g/mol. The van der Waals surface area contributed by atoms with E-state index in [0.717, 1.165) is 27.4 Å². The van der Waals surface area contributed by atoms with Crippen LogP contribution in [0.2, 0.25) is 6.04 Å². The Bertz CT molecular complexity index is 551. The minimum atomic E-state index is -0.558. The number of benzene rings is 1. The van der Waals surface area contributed by atoms with Crippen LogP contribution in [0.4, 0.5) is 4.79 Å². The standard InChI is InChI=1S/C16H23NO3Si/c1-16(2,3)20-15(19)17-10-11-6-4-5-7-12(11)14(17)13(18)8-9-21/h4-7,14H,8-10H2,1-3,21H3. The molecular formula is C16H23NO3Si. The van der Waals surface area contributed by atoms with Gasteiger partial charge in [-0.2, -0.15) is 0 Å². The molecule has 1 aliphatic heterocycles. The molecule has 0 aliphatic carbocycles. The third-order valence-corrected chi connectivity index (χ3v) is 3.93. The third-order valence-electron chi connectivity index (χ3n) is 3.43. The highest BCUT2D eigenvalue weighted by Crippen LogP contribution is 2.36. The van der Waals surface area contributed by atoms with Crippen LogP contribution in [-0.2, 0) is 16.1 Å². The normalized spacial score (nSPS) is 17.7. The predicted molar refractivity (Wildman–Crippen MR) is 85.3 cm³/mol. The number of nitrogens with zero attached hydrogens (tertiary/aromatic N) is 1. The number of ether oxygens (including phenoxy) is 1. The maximum absolute atomic E-state index is 12.5. The van der Waals surface area contributed by atoms with E-state index in [4.69, 9.17) is 4.74 Å². The van der Waals surface area contributed by atoms with Gasteiger partial charge in [-0.25, -0.2) is 4.79 Å². The van der Waals surface area contributed by atoms with Gasteiger partial charge in [0.1, 0.15) is 11.6 Å². The fourth-order valence-electron chi connectivity index (χ4n) is 2.61. The van der Waals surface area contributed by atoms with E-state index in [-0.39, 0.29) is 5.78 Å². The monoisotopic (exact) mass is 305 g/mol. The molecule has 0 N–H and O–H groups in total. The molecule has 0 aromatic heterocycles. The quantitative estimate of drug-likeness (QED) is 0.805. The Hall–Kier alpha value is -1.62. The van der Waals surface area contributed by atoms with Gasteiger partial charge in [-0.15, -0.1) is 0 Å². The summed E-state index contributed by atoms with van der Waals surface area (Å²) in [5, 5.41) is 0. The predicted octanol–water partition coefficient (Wildman–Crippen LogP) is 2.22. The minimum Gasteiger partial charge on any atom is -0.444 e. The Labute approximate surface area is 128 Å². The molecule has 1 amide bonds. The highest BCUT2D eigenvalue weighted by Gasteiger charge is 2.39. The van der Waals surface area contributed by atoms with Gasteiger partial charge in [-0.3, -0.25) is 9.69 Å². The fourth-order valence-corrected chi connectivity index (χ4v) is 3.10. The average Bonchev–Trinajstić information content (AvgIpc) is 2.76. The Balaban J connectivity index is 2.29. The van der Waals surface area contributed by atoms with Gasteiger partial charge in [-0.05, 0) is 31.9 Å². The average molecular weight is 305 g/mol. The van der Waals surface area contributed by atoms with Gasteiger partial charge in [-0.1, -0.05) is 30.3 Å². The smallest absolute Gasteiger partial charge is 0.411 e. The number of fused-ring (bicyclic) bond motifs is 1. The molecule has 5 heteroatoms. The zero-order valence-corrected chi connectivity index (χ0v) is 15.2. The van der Waals surface area contributed by atoms with Crippen LogP contribution in [0.5, 0.6) is 0 Å². The van der Waals surface area contributed by atoms with Crippen LogP contribution < -0.4 is 0 Å². The first-order chi connectivity index (χ1) is 9.83. The molecule has 1 unspecified atom stereocenters. The summed E-state index contributed by atoms with van der Waals surface area (Å²) in [6, 6.07) is 8.20. The number of hydrogen-bond acceptors (Lipinski definition) is 3. The second-order valence-corrected chi connectivity index (χ2v) is 7.43. The van der Waals surface area contributed by atoms with E-state index in [2.05, 4.69) is 0 Å². The van der Waals surface area contributed by atoms with Crippen molar-refractivity contribution in [3.05, 3.63) is 35.4 Å². The Morgan fingerprint density at radius 2 is 2.00 bits per heavy atom. The van der Waals surface area contributed by atoms with Crippen molar-refractivity contribution < 1.29 is 14.3 Å². The van der Waals surface area contributed by atoms with E-state index in [1.54, 1.807) is 4.90 Å². The van der Waals surface area contributed by atoms with Crippen LogP contribution in [0.25, 0.3) is 0 Å². The third kappa shape index (κ3) is 3.53. The first-order valence-corrected chi connectivity index (χ1v) is 8.85. The maximum Gasteiger partial charge on any atom is 0.411 e. The van der Waals surface area contributed by atoms with Gasteiger partial charge in [0.15, 0.2) is 5.78 Å². The number of amides is 1. The van der Waals surface area contributed by atoms with E-state index in [1.165, 1.54) is 0 Å². The Kier molecular flexibility index (Phi) is 4.51. The lowest BCUT2D eigenvalue weighted by atomic mass is 10.0. The Morgan fingerprint density at radius 1 is 1.33 bits per heavy atom. The van der Waals surface area contributed by atoms with Crippen molar-refractivity contribution in [2.24, 2.45) is 0 Å². The molecule has 1 aliphatic rings. The van der Waals surface area contributed by atoms with Crippen LogP contribution in [-0.4, -0.2) is 32.6 Å². The molecule has 0 saturated heterocycles. The molecule has 2 rings (SSSR count). The summed E-state index contributed by atoms with van der Waals surface area (Å²) >= 11 is 0. The largest absolute Gasteiger partial charge is 0.444 e. The molecule has 0 fully saturated rings. The lowest BCUT2D eigenvalue weighted by Gasteiger charge is -2.28. The minimum absolute atomic E-state index is 0.112. The van der Waals surface area contributed by atoms with Crippen LogP contribution in [0.1, 0.15) is 44.4 Å². The number of ketones is 1. The lowest BCUT2D eigenvalue weighted by molar-refractivity contribution is -0.123. The van der Waals surface area contributed by atoms with Crippen molar-refractivity contribution in [2.45, 2.75) is 51.4 Å². The number of rotatable bonds is 3. The molecule has 0 bridgehead atoms. The van der Waals surface area contributed by atoms with E-state index in [9.17, 15) is 9.59 Å². The molecule has 0 saturated carbocycles. The highest BCUT2D eigenvalue weighted by molar-refractivity contribution is 6.10. The number of carbonyl (C=O) groups excluding carboxylic acids is 2. The van der Waals surface area contributed by atoms with Crippen LogP contribution in [0.15, 0.2) is 24.3 Å². The van der Waals surface area contributed by atoms with E-state index >= 15 is 0 Å². The molecule has 1 heterocycles. The molecule has 4 nitrogen and oxygen atoms in total. The van der Waals surface area contributed by atoms with Crippen LogP contribution in [0, 0.1) is 0 Å². The van der Waals surface area contributed by atoms with E-state index in [0.29, 0.717) is 13.0 Å². The molecule has 0 spiro atoms. The van der Waals surface area contributed by atoms with Gasteiger partial charge in [0.05, 0.1) is 6.54 Å². The molecule has 1 aromatic carbocycles. The summed E-state index contributed by atoms with van der Waals surface area (Å²) in [6.07, 6.45) is 0.121. The van der Waals surface area contributed by atoms with Gasteiger partial charge in [0.2, 0.25) is 0 Å². The van der Waals surface area contributed by atoms with E-state index in [1.807, 2.05) is 45.0 Å². The second kappa shape index (κ2) is 6.01. The molecule has 21 heavy (non-hydrogen) atoms. The van der Waals surface area contributed by atoms with Crippen molar-refractivity contribution in [3.63, 3.8) is 0 Å². The highest BCUT2D eigenvalue weighted by atomic mass is 28.1. The molecule has 1 atom stereocenters. The van der Waals surface area contributed by atoms with Gasteiger partial charge >= 0.3 is 6.09 Å². The molecule has 1 aromatic rings. The van der Waals surface area contributed by atoms with Gasteiger partial charge in [0.25, 0.3) is 0 Å². The van der Waals surface area contributed by atoms with Crippen molar-refractivity contribution >= 4 is 22.1 Å². The van der Waals surface area contributed by atoms with Gasteiger partial charge < -0.3 is 4.74 Å². The van der Waals surface area contributed by atoms with Gasteiger partial charge in [0, 0.05) is 16.7 Å². The number of carbonyl (C=O) groups is 2. The van der Waals surface area contributed by atoms with Crippen molar-refractivity contribution in [1.29, 1.82) is 0 Å². The number of Topliss-reactive ketones (excluding diaryl/α,β-unsaturated/α-hetero) is 1. The van der Waals surface area contributed by atoms with Crippen LogP contribution >= 0.6 is 0 Å². The van der Waals surface area contributed by atoms with Crippen molar-refractivity contribution in [2.75, 3.05) is 0 Å². The molecule has 0 radical (unpaired) electrons. The number of hydrogen-bond donors (Lipinski definition) is 0. The second-order valence-electron chi connectivity index (χ2n) is 6.43. The van der Waals surface area contributed by atoms with E-state index < -0.39 is 17.7 Å². The first-order valence-electron chi connectivity index (χ1n) is 7.43. The zero-order chi connectivity index (χ0) is 15.6. The summed E-state index contributed by atoms with van der Waals surface area (Å²) in [5.41, 5.74) is 1.43. The lowest BCUT2D eigenvalue weighted by Crippen LogP contribution is -2.38. The summed E-state index contributed by atoms with van der Waals surface area (Å²) in [4.78, 5) is 26.4. The summed E-state index contributed by atoms with van der Waals surface area (Å²) in [7, 11) is 0.992. The summed E-state index contributed by atoms with van der Waals surface area (Å²) < 4.78 is 5.45. The SMILES string of the molecule is CC(C)(C)OC(=O)N1Cc2ccccc2C1C(=O)CC[SiH3]. The zero-order valence-electron chi connectivity index (χ0n) is 13.2. The molecule has 114 valence electrons. The maximum atomic E-state index is 12.5. The van der Waals surface area contributed by atoms with Crippen LogP contribution in [0.3, 0.4) is 0 Å². The van der Waals surface area contributed by atoms with Crippen molar-refractivity contribution in [1.82, 2.24) is 4.90 Å². The fraction of sp³-hybridized carbons (Fsp3) is 0.500. The van der Waals surface area contributed by atoms with Crippen molar-refractivity contribution in [3.8, 4) is 0 Å². The summed E-state index contributed by atoms with van der Waals surface area (Å²) in [6.45, 7) is 5.95.